The van der Waals surface area contributed by atoms with Crippen LogP contribution in [0.4, 0.5) is 5.69 Å². The topological polar surface area (TPSA) is 87.8 Å². The predicted octanol–water partition coefficient (Wildman–Crippen LogP) is 4.04. The third-order valence-electron chi connectivity index (χ3n) is 5.03. The van der Waals surface area contributed by atoms with Crippen molar-refractivity contribution in [1.82, 2.24) is 9.88 Å². The van der Waals surface area contributed by atoms with Crippen molar-refractivity contribution in [2.24, 2.45) is 10.2 Å². The lowest BCUT2D eigenvalue weighted by molar-refractivity contribution is -0.122. The molecule has 2 amide bonds. The third kappa shape index (κ3) is 4.97. The maximum atomic E-state index is 12.2. The first kappa shape index (κ1) is 21.6. The van der Waals surface area contributed by atoms with Crippen LogP contribution in [0.2, 0.25) is 0 Å². The summed E-state index contributed by atoms with van der Waals surface area (Å²) in [6.07, 6.45) is 1.74. The molecule has 1 aromatic heterocycles. The number of carbonyl (C=O) groups is 2. The Kier molecular flexibility index (Phi) is 6.51. The minimum atomic E-state index is -0.532. The molecule has 0 radical (unpaired) electrons. The lowest BCUT2D eigenvalue weighted by Gasteiger charge is -2.08. The standard InChI is InChI=1S/C24H23N5O2S/c1-16-13-18(17(2)29(16)20-11-7-4-8-12-20)15-25-28-24-27-23(31)21(32-24)14-22(30)26-19-9-5-3-6-10-19/h3-13,15,21H,14H2,1-2H3,(H,26,30)(H,27,28,31)/b25-15-/t21-/m1/s1. The van der Waals surface area contributed by atoms with E-state index in [1.807, 2.05) is 56.3 Å². The Morgan fingerprint density at radius 3 is 2.53 bits per heavy atom. The van der Waals surface area contributed by atoms with Crippen molar-refractivity contribution in [2.75, 3.05) is 5.32 Å². The summed E-state index contributed by atoms with van der Waals surface area (Å²) in [7, 11) is 0. The molecular weight excluding hydrogens is 422 g/mol. The van der Waals surface area contributed by atoms with Gasteiger partial charge in [0.1, 0.15) is 5.25 Å². The normalized spacial score (nSPS) is 17.1. The summed E-state index contributed by atoms with van der Waals surface area (Å²) in [5, 5.41) is 13.6. The lowest BCUT2D eigenvalue weighted by atomic mass is 10.2. The van der Waals surface area contributed by atoms with Gasteiger partial charge < -0.3 is 15.2 Å². The van der Waals surface area contributed by atoms with Gasteiger partial charge in [-0.05, 0) is 44.2 Å². The van der Waals surface area contributed by atoms with Crippen LogP contribution in [0.3, 0.4) is 0 Å². The maximum absolute atomic E-state index is 12.2. The Balaban J connectivity index is 1.39. The van der Waals surface area contributed by atoms with Gasteiger partial charge >= 0.3 is 0 Å². The first-order valence-electron chi connectivity index (χ1n) is 10.2. The molecule has 0 unspecified atom stereocenters. The Morgan fingerprint density at radius 2 is 1.81 bits per heavy atom. The van der Waals surface area contributed by atoms with Gasteiger partial charge in [-0.3, -0.25) is 9.59 Å². The number of aryl methyl sites for hydroxylation is 1. The Hall–Kier alpha value is -3.65. The van der Waals surface area contributed by atoms with E-state index in [0.29, 0.717) is 10.9 Å². The molecule has 0 bridgehead atoms. The number of carbonyl (C=O) groups excluding carboxylic acids is 2. The van der Waals surface area contributed by atoms with Gasteiger partial charge in [0.2, 0.25) is 11.8 Å². The van der Waals surface area contributed by atoms with Gasteiger partial charge in [-0.25, -0.2) is 0 Å². The van der Waals surface area contributed by atoms with E-state index in [2.05, 4.69) is 37.5 Å². The molecule has 0 saturated carbocycles. The number of rotatable bonds is 6. The molecule has 7 nitrogen and oxygen atoms in total. The summed E-state index contributed by atoms with van der Waals surface area (Å²) in [5.41, 5.74) is 4.88. The SMILES string of the molecule is Cc1cc(/C=N\N=C2\NC(=O)[C@@H](CC(=O)Nc3ccccc3)S2)c(C)n1-c1ccccc1. The summed E-state index contributed by atoms with van der Waals surface area (Å²) >= 11 is 1.21. The van der Waals surface area contributed by atoms with Crippen LogP contribution in [0.5, 0.6) is 0 Å². The van der Waals surface area contributed by atoms with Crippen LogP contribution in [0.1, 0.15) is 23.4 Å². The van der Waals surface area contributed by atoms with Gasteiger partial charge in [0.15, 0.2) is 5.17 Å². The highest BCUT2D eigenvalue weighted by Crippen LogP contribution is 2.23. The van der Waals surface area contributed by atoms with Crippen LogP contribution in [-0.2, 0) is 9.59 Å². The molecule has 1 atom stereocenters. The van der Waals surface area contributed by atoms with Crippen LogP contribution in [0.25, 0.3) is 5.69 Å². The third-order valence-corrected chi connectivity index (χ3v) is 6.11. The lowest BCUT2D eigenvalue weighted by Crippen LogP contribution is -2.28. The van der Waals surface area contributed by atoms with Gasteiger partial charge in [0.25, 0.3) is 0 Å². The van der Waals surface area contributed by atoms with Crippen LogP contribution < -0.4 is 10.6 Å². The quantitative estimate of drug-likeness (QED) is 0.443. The first-order chi connectivity index (χ1) is 15.5. The minimum Gasteiger partial charge on any atom is -0.326 e. The molecule has 1 fully saturated rings. The van der Waals surface area contributed by atoms with Gasteiger partial charge in [0, 0.05) is 34.7 Å². The zero-order valence-corrected chi connectivity index (χ0v) is 18.6. The summed E-state index contributed by atoms with van der Waals surface area (Å²) < 4.78 is 2.15. The minimum absolute atomic E-state index is 0.0619. The number of benzene rings is 2. The highest BCUT2D eigenvalue weighted by atomic mass is 32.2. The summed E-state index contributed by atoms with van der Waals surface area (Å²) in [4.78, 5) is 24.4. The van der Waals surface area contributed by atoms with Crippen molar-refractivity contribution >= 4 is 40.6 Å². The first-order valence-corrected chi connectivity index (χ1v) is 11.1. The Labute approximate surface area is 190 Å². The predicted molar refractivity (Wildman–Crippen MR) is 129 cm³/mol. The Morgan fingerprint density at radius 1 is 1.12 bits per heavy atom. The Bertz CT molecular complexity index is 1190. The van der Waals surface area contributed by atoms with E-state index in [1.54, 1.807) is 18.3 Å². The molecule has 2 aromatic carbocycles. The number of aromatic nitrogens is 1. The number of hydrogen-bond donors (Lipinski definition) is 2. The van der Waals surface area contributed by atoms with E-state index in [0.717, 1.165) is 22.6 Å². The van der Waals surface area contributed by atoms with E-state index in [1.165, 1.54) is 11.8 Å². The van der Waals surface area contributed by atoms with Crippen LogP contribution in [0.15, 0.2) is 76.9 Å². The molecule has 3 aromatic rings. The van der Waals surface area contributed by atoms with Crippen molar-refractivity contribution < 1.29 is 9.59 Å². The van der Waals surface area contributed by atoms with Crippen LogP contribution >= 0.6 is 11.8 Å². The smallest absolute Gasteiger partial charge is 0.240 e. The molecular formula is C24H23N5O2S. The molecule has 0 spiro atoms. The van der Waals surface area contributed by atoms with Crippen molar-refractivity contribution in [3.8, 4) is 5.69 Å². The summed E-state index contributed by atoms with van der Waals surface area (Å²) in [6.45, 7) is 4.07. The highest BCUT2D eigenvalue weighted by molar-refractivity contribution is 8.15. The second-order valence-electron chi connectivity index (χ2n) is 7.36. The average Bonchev–Trinajstić information content (AvgIpc) is 3.27. The summed E-state index contributed by atoms with van der Waals surface area (Å²) in [5.74, 6) is -0.462. The fraction of sp³-hybridized carbons (Fsp3) is 0.167. The molecule has 1 aliphatic rings. The molecule has 2 N–H and O–H groups in total. The van der Waals surface area contributed by atoms with E-state index >= 15 is 0 Å². The molecule has 0 aliphatic carbocycles. The van der Waals surface area contributed by atoms with E-state index < -0.39 is 5.25 Å². The average molecular weight is 446 g/mol. The number of thioether (sulfide) groups is 1. The number of anilines is 1. The van der Waals surface area contributed by atoms with Gasteiger partial charge in [-0.2, -0.15) is 5.10 Å². The van der Waals surface area contributed by atoms with Crippen molar-refractivity contribution in [3.63, 3.8) is 0 Å². The number of nitrogens with one attached hydrogen (secondary N) is 2. The van der Waals surface area contributed by atoms with Crippen molar-refractivity contribution in [3.05, 3.63) is 83.7 Å². The van der Waals surface area contributed by atoms with Crippen molar-refractivity contribution in [1.29, 1.82) is 0 Å². The fourth-order valence-corrected chi connectivity index (χ4v) is 4.45. The number of hydrogen-bond acceptors (Lipinski definition) is 5. The molecule has 32 heavy (non-hydrogen) atoms. The van der Waals surface area contributed by atoms with Crippen LogP contribution in [0, 0.1) is 13.8 Å². The fourth-order valence-electron chi connectivity index (χ4n) is 3.52. The van der Waals surface area contributed by atoms with Crippen molar-refractivity contribution in [2.45, 2.75) is 25.5 Å². The maximum Gasteiger partial charge on any atom is 0.240 e. The zero-order valence-electron chi connectivity index (χ0n) is 17.8. The monoisotopic (exact) mass is 445 g/mol. The molecule has 2 heterocycles. The molecule has 1 saturated heterocycles. The number of para-hydroxylation sites is 2. The van der Waals surface area contributed by atoms with E-state index in [4.69, 9.17) is 0 Å². The number of amides is 2. The second kappa shape index (κ2) is 9.65. The van der Waals surface area contributed by atoms with E-state index in [9.17, 15) is 9.59 Å². The van der Waals surface area contributed by atoms with Gasteiger partial charge in [0.05, 0.1) is 6.21 Å². The van der Waals surface area contributed by atoms with Gasteiger partial charge in [-0.15, -0.1) is 5.10 Å². The molecule has 1 aliphatic heterocycles. The molecule has 8 heteroatoms. The van der Waals surface area contributed by atoms with Crippen LogP contribution in [-0.4, -0.2) is 33.0 Å². The largest absolute Gasteiger partial charge is 0.326 e. The molecule has 4 rings (SSSR count). The number of nitrogens with zero attached hydrogens (tertiary/aromatic N) is 3. The molecule has 162 valence electrons. The second-order valence-corrected chi connectivity index (χ2v) is 8.55. The summed E-state index contributed by atoms with van der Waals surface area (Å²) in [6, 6.07) is 21.3. The van der Waals surface area contributed by atoms with E-state index in [-0.39, 0.29) is 18.2 Å². The zero-order chi connectivity index (χ0) is 22.5. The number of amidine groups is 1. The van der Waals surface area contributed by atoms with Gasteiger partial charge in [-0.1, -0.05) is 48.2 Å². The highest BCUT2D eigenvalue weighted by Gasteiger charge is 2.32.